The highest BCUT2D eigenvalue weighted by molar-refractivity contribution is 7.86. The molecule has 0 unspecified atom stereocenters. The lowest BCUT2D eigenvalue weighted by molar-refractivity contribution is 0.0979. The van der Waals surface area contributed by atoms with E-state index in [0.717, 1.165) is 24.3 Å². The number of hydrogen-bond acceptors (Lipinski definition) is 9. The minimum absolute atomic E-state index is 0.00940. The largest absolute Gasteiger partial charge is 0.397 e. The van der Waals surface area contributed by atoms with E-state index in [1.807, 2.05) is 0 Å². The van der Waals surface area contributed by atoms with Gasteiger partial charge in [0.25, 0.3) is 20.2 Å². The van der Waals surface area contributed by atoms with Crippen molar-refractivity contribution in [1.29, 1.82) is 0 Å². The van der Waals surface area contributed by atoms with Crippen LogP contribution in [-0.2, 0) is 20.2 Å². The highest BCUT2D eigenvalue weighted by Crippen LogP contribution is 2.40. The Balaban J connectivity index is 1.93. The maximum Gasteiger partial charge on any atom is 0.296 e. The minimum atomic E-state index is -4.87. The number of rotatable bonds is 4. The van der Waals surface area contributed by atoms with Gasteiger partial charge in [-0.3, -0.25) is 18.7 Å². The lowest BCUT2D eigenvalue weighted by Gasteiger charge is -2.30. The van der Waals surface area contributed by atoms with Gasteiger partial charge in [-0.25, -0.2) is 0 Å². The zero-order valence-corrected chi connectivity index (χ0v) is 18.7. The molecule has 2 aromatic rings. The number of carbonyl (C=O) groups is 2. The van der Waals surface area contributed by atoms with Crippen LogP contribution in [0.1, 0.15) is 57.5 Å². The maximum atomic E-state index is 13.4. The molecular weight excluding hydrogens is 474 g/mol. The van der Waals surface area contributed by atoms with E-state index in [1.54, 1.807) is 0 Å². The second kappa shape index (κ2) is 7.88. The SMILES string of the molecule is Nc1c(S(=O)(=O)O)cc(NC2CCC(N)CC2)c2c1C(=O)c1cc(S(=O)(=O)O)ccc1C2=O. The fraction of sp³-hybridized carbons (Fsp3) is 0.300. The summed E-state index contributed by atoms with van der Waals surface area (Å²) in [5, 5.41) is 3.09. The molecule has 4 rings (SSSR count). The number of ketones is 2. The Kier molecular flexibility index (Phi) is 5.57. The predicted octanol–water partition coefficient (Wildman–Crippen LogP) is 1.22. The fourth-order valence-corrected chi connectivity index (χ4v) is 5.45. The van der Waals surface area contributed by atoms with Crippen LogP contribution in [0.3, 0.4) is 0 Å². The van der Waals surface area contributed by atoms with Crippen LogP contribution in [0.25, 0.3) is 0 Å². The van der Waals surface area contributed by atoms with E-state index in [1.165, 1.54) is 0 Å². The molecule has 176 valence electrons. The van der Waals surface area contributed by atoms with Crippen molar-refractivity contribution in [3.8, 4) is 0 Å². The minimum Gasteiger partial charge on any atom is -0.397 e. The number of fused-ring (bicyclic) bond motifs is 2. The molecule has 33 heavy (non-hydrogen) atoms. The first-order valence-corrected chi connectivity index (χ1v) is 12.8. The van der Waals surface area contributed by atoms with Gasteiger partial charge in [-0.1, -0.05) is 0 Å². The van der Waals surface area contributed by atoms with Crippen molar-refractivity contribution >= 4 is 43.2 Å². The third-order valence-electron chi connectivity index (χ3n) is 5.97. The smallest absolute Gasteiger partial charge is 0.296 e. The van der Waals surface area contributed by atoms with Crippen LogP contribution in [-0.4, -0.2) is 49.6 Å². The van der Waals surface area contributed by atoms with Crippen molar-refractivity contribution in [1.82, 2.24) is 0 Å². The summed E-state index contributed by atoms with van der Waals surface area (Å²) < 4.78 is 65.9. The van der Waals surface area contributed by atoms with E-state index in [9.17, 15) is 35.5 Å². The van der Waals surface area contributed by atoms with Gasteiger partial charge < -0.3 is 16.8 Å². The highest BCUT2D eigenvalue weighted by Gasteiger charge is 2.37. The van der Waals surface area contributed by atoms with E-state index in [2.05, 4.69) is 5.32 Å². The average Bonchev–Trinajstić information content (AvgIpc) is 2.72. The van der Waals surface area contributed by atoms with E-state index < -0.39 is 52.8 Å². The molecule has 7 N–H and O–H groups in total. The summed E-state index contributed by atoms with van der Waals surface area (Å²) in [6, 6.07) is 3.78. The van der Waals surface area contributed by atoms with E-state index in [0.29, 0.717) is 25.7 Å². The van der Waals surface area contributed by atoms with Gasteiger partial charge >= 0.3 is 0 Å². The summed E-state index contributed by atoms with van der Waals surface area (Å²) in [6.45, 7) is 0. The molecule has 1 fully saturated rings. The standard InChI is InChI=1S/C20H21N3O8S2/c21-9-1-3-10(4-2-9)23-14-8-15(33(29,30)31)18(22)17-16(14)19(24)12-6-5-11(32(26,27)28)7-13(12)20(17)25/h5-10,23H,1-4,21-22H2,(H,26,27,28)(H,29,30,31). The lowest BCUT2D eigenvalue weighted by atomic mass is 9.82. The Hall–Kier alpha value is -2.84. The summed E-state index contributed by atoms with van der Waals surface area (Å²) in [5.74, 6) is -1.60. The molecule has 2 aliphatic carbocycles. The van der Waals surface area contributed by atoms with Crippen molar-refractivity contribution in [2.45, 2.75) is 47.6 Å². The number of nitrogens with two attached hydrogens (primary N) is 2. The van der Waals surface area contributed by atoms with Crippen LogP contribution in [0.15, 0.2) is 34.1 Å². The summed E-state index contributed by atoms with van der Waals surface area (Å²) in [6.07, 6.45) is 2.68. The van der Waals surface area contributed by atoms with Crippen LogP contribution in [0.2, 0.25) is 0 Å². The first-order chi connectivity index (χ1) is 15.3. The number of benzene rings is 2. The molecule has 13 heteroatoms. The molecule has 0 aliphatic heterocycles. The Labute approximate surface area is 189 Å². The molecular formula is C20H21N3O8S2. The molecule has 0 radical (unpaired) electrons. The number of hydrogen-bond donors (Lipinski definition) is 5. The Morgan fingerprint density at radius 1 is 0.848 bits per heavy atom. The maximum absolute atomic E-state index is 13.4. The van der Waals surface area contributed by atoms with Gasteiger partial charge in [0, 0.05) is 28.9 Å². The molecule has 2 aromatic carbocycles. The topological polar surface area (TPSA) is 207 Å². The van der Waals surface area contributed by atoms with Crippen molar-refractivity contribution in [3.05, 3.63) is 46.5 Å². The van der Waals surface area contributed by atoms with Gasteiger partial charge in [0.15, 0.2) is 11.6 Å². The summed E-state index contributed by atoms with van der Waals surface area (Å²) in [5.41, 5.74) is 10.1. The van der Waals surface area contributed by atoms with Crippen molar-refractivity contribution < 1.29 is 35.5 Å². The number of anilines is 2. The second-order valence-corrected chi connectivity index (χ2v) is 11.0. The molecule has 0 bridgehead atoms. The van der Waals surface area contributed by atoms with Gasteiger partial charge in [0.1, 0.15) is 4.90 Å². The molecule has 0 amide bonds. The molecule has 0 atom stereocenters. The van der Waals surface area contributed by atoms with Crippen molar-refractivity contribution in [2.24, 2.45) is 5.73 Å². The Morgan fingerprint density at radius 2 is 1.45 bits per heavy atom. The molecule has 2 aliphatic rings. The first-order valence-electron chi connectivity index (χ1n) is 9.96. The Bertz CT molecular complexity index is 1410. The molecule has 0 spiro atoms. The number of carbonyl (C=O) groups excluding carboxylic acids is 2. The third kappa shape index (κ3) is 4.13. The summed E-state index contributed by atoms with van der Waals surface area (Å²) in [7, 11) is -9.55. The van der Waals surface area contributed by atoms with Crippen LogP contribution in [0, 0.1) is 0 Å². The van der Waals surface area contributed by atoms with Crippen molar-refractivity contribution in [3.63, 3.8) is 0 Å². The summed E-state index contributed by atoms with van der Waals surface area (Å²) in [4.78, 5) is 25.3. The molecule has 0 aromatic heterocycles. The zero-order chi connectivity index (χ0) is 24.3. The van der Waals surface area contributed by atoms with Gasteiger partial charge in [-0.2, -0.15) is 16.8 Å². The zero-order valence-electron chi connectivity index (χ0n) is 17.1. The second-order valence-electron chi connectivity index (χ2n) is 8.16. The van der Waals surface area contributed by atoms with E-state index >= 15 is 0 Å². The number of nitrogens with one attached hydrogen (secondary N) is 1. The van der Waals surface area contributed by atoms with Gasteiger partial charge in [-0.15, -0.1) is 0 Å². The molecule has 0 saturated heterocycles. The molecule has 1 saturated carbocycles. The van der Waals surface area contributed by atoms with Gasteiger partial charge in [-0.05, 0) is 49.9 Å². The monoisotopic (exact) mass is 495 g/mol. The van der Waals surface area contributed by atoms with Crippen LogP contribution in [0.5, 0.6) is 0 Å². The first kappa shape index (κ1) is 23.3. The van der Waals surface area contributed by atoms with Crippen LogP contribution < -0.4 is 16.8 Å². The normalized spacial score (nSPS) is 20.8. The predicted molar refractivity (Wildman–Crippen MR) is 118 cm³/mol. The third-order valence-corrected chi connectivity index (χ3v) is 7.71. The highest BCUT2D eigenvalue weighted by atomic mass is 32.2. The van der Waals surface area contributed by atoms with E-state index in [4.69, 9.17) is 11.5 Å². The molecule has 11 nitrogen and oxygen atoms in total. The average molecular weight is 496 g/mol. The van der Waals surface area contributed by atoms with Crippen LogP contribution >= 0.6 is 0 Å². The molecule has 0 heterocycles. The van der Waals surface area contributed by atoms with Crippen molar-refractivity contribution in [2.75, 3.05) is 11.1 Å². The Morgan fingerprint density at radius 3 is 2.03 bits per heavy atom. The van der Waals surface area contributed by atoms with Gasteiger partial charge in [0.05, 0.1) is 21.7 Å². The fourth-order valence-electron chi connectivity index (χ4n) is 4.29. The number of nitrogen functional groups attached to an aromatic ring is 1. The van der Waals surface area contributed by atoms with Gasteiger partial charge in [0.2, 0.25) is 0 Å². The lowest BCUT2D eigenvalue weighted by Crippen LogP contribution is -2.34. The van der Waals surface area contributed by atoms with E-state index in [-0.39, 0.29) is 34.5 Å². The quantitative estimate of drug-likeness (QED) is 0.257. The van der Waals surface area contributed by atoms with Crippen LogP contribution in [0.4, 0.5) is 11.4 Å². The summed E-state index contributed by atoms with van der Waals surface area (Å²) >= 11 is 0.